The van der Waals surface area contributed by atoms with Gasteiger partial charge in [-0.15, -0.1) is 0 Å². The van der Waals surface area contributed by atoms with Crippen LogP contribution in [0.4, 0.5) is 0 Å². The molecule has 3 nitrogen and oxygen atoms in total. The molecule has 0 aromatic heterocycles. The predicted octanol–water partition coefficient (Wildman–Crippen LogP) is 3.32. The molecule has 80 valence electrons. The van der Waals surface area contributed by atoms with Crippen LogP contribution in [-0.2, 0) is 4.79 Å². The van der Waals surface area contributed by atoms with Gasteiger partial charge in [0, 0.05) is 16.1 Å². The maximum atomic E-state index is 10.4. The summed E-state index contributed by atoms with van der Waals surface area (Å²) in [7, 11) is 1.53. The number of carboxylic acid groups (broad SMARTS) is 1. The van der Waals surface area contributed by atoms with Crippen LogP contribution in [-0.4, -0.2) is 18.2 Å². The van der Waals surface area contributed by atoms with Gasteiger partial charge in [0.2, 0.25) is 0 Å². The van der Waals surface area contributed by atoms with Crippen molar-refractivity contribution >= 4 is 43.9 Å². The summed E-state index contributed by atoms with van der Waals surface area (Å²) >= 11 is 6.65. The van der Waals surface area contributed by atoms with Gasteiger partial charge < -0.3 is 9.84 Å². The van der Waals surface area contributed by atoms with Crippen molar-refractivity contribution in [2.24, 2.45) is 0 Å². The summed E-state index contributed by atoms with van der Waals surface area (Å²) < 4.78 is 6.77. The Hall–Kier alpha value is -0.810. The number of benzene rings is 1. The third kappa shape index (κ3) is 3.35. The highest BCUT2D eigenvalue weighted by atomic mass is 79.9. The molecule has 0 aliphatic rings. The summed E-state index contributed by atoms with van der Waals surface area (Å²) in [6.45, 7) is 0. The largest absolute Gasteiger partial charge is 0.495 e. The number of ether oxygens (including phenoxy) is 1. The molecular formula is C10H8Br2O3. The molecule has 0 fully saturated rings. The van der Waals surface area contributed by atoms with E-state index in [0.29, 0.717) is 11.3 Å². The topological polar surface area (TPSA) is 46.5 Å². The second-order valence-electron chi connectivity index (χ2n) is 2.68. The van der Waals surface area contributed by atoms with E-state index in [2.05, 4.69) is 31.9 Å². The first-order valence-electron chi connectivity index (χ1n) is 3.98. The molecule has 0 aliphatic heterocycles. The lowest BCUT2D eigenvalue weighted by Gasteiger charge is -2.07. The molecule has 15 heavy (non-hydrogen) atoms. The van der Waals surface area contributed by atoms with E-state index in [4.69, 9.17) is 9.84 Å². The van der Waals surface area contributed by atoms with Crippen molar-refractivity contribution in [2.75, 3.05) is 7.11 Å². The average Bonchev–Trinajstić information content (AvgIpc) is 2.13. The van der Waals surface area contributed by atoms with Crippen LogP contribution < -0.4 is 4.74 Å². The molecule has 1 rings (SSSR count). The van der Waals surface area contributed by atoms with E-state index in [1.54, 1.807) is 6.07 Å². The Balaban J connectivity index is 3.20. The first-order chi connectivity index (χ1) is 7.04. The van der Waals surface area contributed by atoms with Crippen molar-refractivity contribution in [1.82, 2.24) is 0 Å². The molecule has 0 heterocycles. The smallest absolute Gasteiger partial charge is 0.328 e. The highest BCUT2D eigenvalue weighted by Gasteiger charge is 2.06. The van der Waals surface area contributed by atoms with Gasteiger partial charge in [0.05, 0.1) is 11.6 Å². The van der Waals surface area contributed by atoms with Crippen molar-refractivity contribution in [1.29, 1.82) is 0 Å². The van der Waals surface area contributed by atoms with Crippen LogP contribution in [0.2, 0.25) is 0 Å². The molecule has 5 heteroatoms. The monoisotopic (exact) mass is 334 g/mol. The van der Waals surface area contributed by atoms with Gasteiger partial charge in [-0.3, -0.25) is 0 Å². The molecule has 1 N–H and O–H groups in total. The fraction of sp³-hybridized carbons (Fsp3) is 0.100. The second-order valence-corrected chi connectivity index (χ2v) is 4.45. The first kappa shape index (κ1) is 12.3. The van der Waals surface area contributed by atoms with Crippen LogP contribution in [0.5, 0.6) is 5.75 Å². The average molecular weight is 336 g/mol. The highest BCUT2D eigenvalue weighted by molar-refractivity contribution is 9.11. The SMILES string of the molecule is COc1c(Br)cc(Br)cc1C=CC(=O)O. The zero-order chi connectivity index (χ0) is 11.4. The van der Waals surface area contributed by atoms with Crippen molar-refractivity contribution in [2.45, 2.75) is 0 Å². The van der Waals surface area contributed by atoms with E-state index >= 15 is 0 Å². The minimum absolute atomic E-state index is 0.607. The lowest BCUT2D eigenvalue weighted by atomic mass is 10.2. The minimum Gasteiger partial charge on any atom is -0.495 e. The molecule has 0 saturated heterocycles. The Labute approximate surface area is 104 Å². The molecule has 0 bridgehead atoms. The van der Waals surface area contributed by atoms with Gasteiger partial charge in [-0.1, -0.05) is 15.9 Å². The standard InChI is InChI=1S/C10H8Br2O3/c1-15-10-6(2-3-9(13)14)4-7(11)5-8(10)12/h2-5H,1H3,(H,13,14). The van der Waals surface area contributed by atoms with Crippen molar-refractivity contribution in [3.05, 3.63) is 32.7 Å². The summed E-state index contributed by atoms with van der Waals surface area (Å²) in [5.41, 5.74) is 0.696. The Kier molecular flexibility index (Phi) is 4.35. The molecule has 0 saturated carbocycles. The highest BCUT2D eigenvalue weighted by Crippen LogP contribution is 2.33. The Bertz CT molecular complexity index is 413. The molecule has 0 aliphatic carbocycles. The van der Waals surface area contributed by atoms with Crippen LogP contribution >= 0.6 is 31.9 Å². The normalized spacial score (nSPS) is 10.6. The van der Waals surface area contributed by atoms with Crippen molar-refractivity contribution < 1.29 is 14.6 Å². The van der Waals surface area contributed by atoms with Crippen molar-refractivity contribution in [3.63, 3.8) is 0 Å². The maximum absolute atomic E-state index is 10.4. The first-order valence-corrected chi connectivity index (χ1v) is 5.57. The Morgan fingerprint density at radius 3 is 2.67 bits per heavy atom. The number of carbonyl (C=O) groups is 1. The summed E-state index contributed by atoms with van der Waals surface area (Å²) in [6, 6.07) is 3.61. The van der Waals surface area contributed by atoms with Crippen LogP contribution in [0.25, 0.3) is 6.08 Å². The van der Waals surface area contributed by atoms with Gasteiger partial charge >= 0.3 is 5.97 Å². The molecule has 0 unspecified atom stereocenters. The number of carboxylic acids is 1. The molecule has 0 spiro atoms. The second kappa shape index (κ2) is 5.32. The van der Waals surface area contributed by atoms with E-state index < -0.39 is 5.97 Å². The molecule has 1 aromatic carbocycles. The van der Waals surface area contributed by atoms with Crippen LogP contribution in [0, 0.1) is 0 Å². The van der Waals surface area contributed by atoms with E-state index in [-0.39, 0.29) is 0 Å². The van der Waals surface area contributed by atoms with Gasteiger partial charge in [0.15, 0.2) is 0 Å². The van der Waals surface area contributed by atoms with Gasteiger partial charge in [0.25, 0.3) is 0 Å². The molecule has 1 aromatic rings. The Morgan fingerprint density at radius 1 is 1.47 bits per heavy atom. The lowest BCUT2D eigenvalue weighted by molar-refractivity contribution is -0.131. The molecular weight excluding hydrogens is 328 g/mol. The van der Waals surface area contributed by atoms with E-state index in [9.17, 15) is 4.79 Å². The number of hydrogen-bond acceptors (Lipinski definition) is 2. The van der Waals surface area contributed by atoms with E-state index in [1.165, 1.54) is 13.2 Å². The summed E-state index contributed by atoms with van der Waals surface area (Å²) in [5.74, 6) is -0.385. The molecule has 0 atom stereocenters. The van der Waals surface area contributed by atoms with Gasteiger partial charge in [-0.2, -0.15) is 0 Å². The summed E-state index contributed by atoms with van der Waals surface area (Å²) in [6.07, 6.45) is 2.55. The van der Waals surface area contributed by atoms with Crippen LogP contribution in [0.1, 0.15) is 5.56 Å². The zero-order valence-electron chi connectivity index (χ0n) is 7.83. The Morgan fingerprint density at radius 2 is 2.13 bits per heavy atom. The lowest BCUT2D eigenvalue weighted by Crippen LogP contribution is -1.90. The number of aliphatic carboxylic acids is 1. The summed E-state index contributed by atoms with van der Waals surface area (Å²) in [5, 5.41) is 8.53. The maximum Gasteiger partial charge on any atom is 0.328 e. The fourth-order valence-corrected chi connectivity index (χ4v) is 2.50. The van der Waals surface area contributed by atoms with Gasteiger partial charge in [-0.05, 0) is 34.1 Å². The number of hydrogen-bond donors (Lipinski definition) is 1. The van der Waals surface area contributed by atoms with Crippen LogP contribution in [0.3, 0.4) is 0 Å². The quantitative estimate of drug-likeness (QED) is 0.862. The van der Waals surface area contributed by atoms with E-state index in [0.717, 1.165) is 15.0 Å². The molecule has 0 amide bonds. The van der Waals surface area contributed by atoms with E-state index in [1.807, 2.05) is 6.07 Å². The fourth-order valence-electron chi connectivity index (χ4n) is 1.08. The third-order valence-corrected chi connectivity index (χ3v) is 2.69. The number of rotatable bonds is 3. The van der Waals surface area contributed by atoms with Crippen LogP contribution in [0.15, 0.2) is 27.2 Å². The predicted molar refractivity (Wildman–Crippen MR) is 65.1 cm³/mol. The third-order valence-electron chi connectivity index (χ3n) is 1.65. The van der Waals surface area contributed by atoms with Crippen molar-refractivity contribution in [3.8, 4) is 5.75 Å². The summed E-state index contributed by atoms with van der Waals surface area (Å²) in [4.78, 5) is 10.4. The molecule has 0 radical (unpaired) electrons. The minimum atomic E-state index is -0.992. The number of halogens is 2. The zero-order valence-corrected chi connectivity index (χ0v) is 11.0. The number of methoxy groups -OCH3 is 1. The van der Waals surface area contributed by atoms with Gasteiger partial charge in [0.1, 0.15) is 5.75 Å². The van der Waals surface area contributed by atoms with Gasteiger partial charge in [-0.25, -0.2) is 4.79 Å².